The quantitative estimate of drug-likeness (QED) is 0.684. The molecule has 1 saturated heterocycles. The summed E-state index contributed by atoms with van der Waals surface area (Å²) in [6, 6.07) is 6.48. The Morgan fingerprint density at radius 2 is 2.09 bits per heavy atom. The van der Waals surface area contributed by atoms with Crippen molar-refractivity contribution in [2.24, 2.45) is 5.92 Å². The minimum atomic E-state index is -1.22. The van der Waals surface area contributed by atoms with Crippen molar-refractivity contribution in [3.8, 4) is 0 Å². The number of carbonyl (C=O) groups excluding carboxylic acids is 2. The molecular weight excluding hydrogens is 300 g/mol. The SMILES string of the molecule is CC(C(=O)O)C(=O)Nc1ccccc1C(=O)NCC1CCCO1. The minimum absolute atomic E-state index is 0.0211. The molecule has 0 bridgehead atoms. The lowest BCUT2D eigenvalue weighted by atomic mass is 10.1. The summed E-state index contributed by atoms with van der Waals surface area (Å²) in [6.07, 6.45) is 1.92. The van der Waals surface area contributed by atoms with Crippen LogP contribution in [-0.2, 0) is 14.3 Å². The smallest absolute Gasteiger partial charge is 0.315 e. The molecule has 7 heteroatoms. The highest BCUT2D eigenvalue weighted by Gasteiger charge is 2.23. The number of hydrogen-bond donors (Lipinski definition) is 3. The van der Waals surface area contributed by atoms with Crippen molar-refractivity contribution in [3.63, 3.8) is 0 Å². The lowest BCUT2D eigenvalue weighted by molar-refractivity contribution is -0.144. The predicted molar refractivity (Wildman–Crippen MR) is 83.2 cm³/mol. The van der Waals surface area contributed by atoms with E-state index in [1.54, 1.807) is 24.3 Å². The van der Waals surface area contributed by atoms with E-state index < -0.39 is 17.8 Å². The molecule has 2 amide bonds. The Morgan fingerprint density at radius 1 is 1.35 bits per heavy atom. The number of carboxylic acids is 1. The molecule has 0 saturated carbocycles. The maximum absolute atomic E-state index is 12.3. The number of amides is 2. The molecule has 7 nitrogen and oxygen atoms in total. The lowest BCUT2D eigenvalue weighted by Crippen LogP contribution is -2.33. The van der Waals surface area contributed by atoms with Gasteiger partial charge in [-0.25, -0.2) is 0 Å². The Hall–Kier alpha value is -2.41. The van der Waals surface area contributed by atoms with Gasteiger partial charge in [0.1, 0.15) is 5.92 Å². The van der Waals surface area contributed by atoms with Crippen LogP contribution < -0.4 is 10.6 Å². The summed E-state index contributed by atoms with van der Waals surface area (Å²) in [5, 5.41) is 14.1. The van der Waals surface area contributed by atoms with Crippen molar-refractivity contribution in [2.45, 2.75) is 25.9 Å². The summed E-state index contributed by atoms with van der Waals surface area (Å²) in [6.45, 7) is 2.41. The van der Waals surface area contributed by atoms with E-state index in [0.29, 0.717) is 13.2 Å². The molecule has 124 valence electrons. The van der Waals surface area contributed by atoms with Crippen molar-refractivity contribution in [1.82, 2.24) is 5.32 Å². The molecule has 23 heavy (non-hydrogen) atoms. The standard InChI is InChI=1S/C16H20N2O5/c1-10(16(21)22)14(19)18-13-7-3-2-6-12(13)15(20)17-9-11-5-4-8-23-11/h2-3,6-7,10-11H,4-5,8-9H2,1H3,(H,17,20)(H,18,19)(H,21,22). The second kappa shape index (κ2) is 7.73. The van der Waals surface area contributed by atoms with Crippen molar-refractivity contribution in [1.29, 1.82) is 0 Å². The van der Waals surface area contributed by atoms with Crippen LogP contribution in [-0.4, -0.2) is 42.1 Å². The van der Waals surface area contributed by atoms with Crippen LogP contribution in [0.25, 0.3) is 0 Å². The van der Waals surface area contributed by atoms with Gasteiger partial charge >= 0.3 is 5.97 Å². The van der Waals surface area contributed by atoms with Gasteiger partial charge in [0.15, 0.2) is 0 Å². The monoisotopic (exact) mass is 320 g/mol. The molecule has 1 aromatic rings. The van der Waals surface area contributed by atoms with Crippen LogP contribution in [0.3, 0.4) is 0 Å². The second-order valence-electron chi connectivity index (χ2n) is 5.44. The van der Waals surface area contributed by atoms with Crippen molar-refractivity contribution in [2.75, 3.05) is 18.5 Å². The zero-order valence-corrected chi connectivity index (χ0v) is 12.9. The summed E-state index contributed by atoms with van der Waals surface area (Å²) < 4.78 is 5.44. The van der Waals surface area contributed by atoms with Gasteiger partial charge in [0.2, 0.25) is 5.91 Å². The normalized spacial score (nSPS) is 18.2. The van der Waals surface area contributed by atoms with Gasteiger partial charge in [-0.3, -0.25) is 14.4 Å². The number of anilines is 1. The van der Waals surface area contributed by atoms with Gasteiger partial charge in [-0.1, -0.05) is 12.1 Å². The van der Waals surface area contributed by atoms with Crippen LogP contribution in [0.5, 0.6) is 0 Å². The number of para-hydroxylation sites is 1. The second-order valence-corrected chi connectivity index (χ2v) is 5.44. The first-order valence-electron chi connectivity index (χ1n) is 7.51. The van der Waals surface area contributed by atoms with Crippen LogP contribution in [0.4, 0.5) is 5.69 Å². The van der Waals surface area contributed by atoms with E-state index in [0.717, 1.165) is 12.8 Å². The van der Waals surface area contributed by atoms with Gasteiger partial charge < -0.3 is 20.5 Å². The van der Waals surface area contributed by atoms with E-state index in [1.165, 1.54) is 6.92 Å². The van der Waals surface area contributed by atoms with Crippen LogP contribution in [0.15, 0.2) is 24.3 Å². The molecule has 2 rings (SSSR count). The largest absolute Gasteiger partial charge is 0.481 e. The highest BCUT2D eigenvalue weighted by Crippen LogP contribution is 2.17. The zero-order chi connectivity index (χ0) is 16.8. The first kappa shape index (κ1) is 17.0. The van der Waals surface area contributed by atoms with Gasteiger partial charge in [0, 0.05) is 13.2 Å². The van der Waals surface area contributed by atoms with Crippen molar-refractivity contribution >= 4 is 23.5 Å². The lowest BCUT2D eigenvalue weighted by Gasteiger charge is -2.14. The molecule has 1 fully saturated rings. The van der Waals surface area contributed by atoms with Gasteiger partial charge in [0.05, 0.1) is 17.4 Å². The van der Waals surface area contributed by atoms with Crippen LogP contribution >= 0.6 is 0 Å². The molecule has 0 spiro atoms. The Kier molecular flexibility index (Phi) is 5.70. The predicted octanol–water partition coefficient (Wildman–Crippen LogP) is 1.25. The summed E-state index contributed by atoms with van der Waals surface area (Å²) >= 11 is 0. The number of aliphatic carboxylic acids is 1. The third-order valence-electron chi connectivity index (χ3n) is 3.71. The minimum Gasteiger partial charge on any atom is -0.481 e. The average molecular weight is 320 g/mol. The fourth-order valence-corrected chi connectivity index (χ4v) is 2.25. The van der Waals surface area contributed by atoms with E-state index in [9.17, 15) is 14.4 Å². The van der Waals surface area contributed by atoms with Gasteiger partial charge in [-0.2, -0.15) is 0 Å². The van der Waals surface area contributed by atoms with E-state index in [-0.39, 0.29) is 23.3 Å². The third kappa shape index (κ3) is 4.53. The molecule has 1 heterocycles. The molecule has 1 aromatic carbocycles. The molecule has 0 radical (unpaired) electrons. The number of rotatable bonds is 6. The topological polar surface area (TPSA) is 105 Å². The van der Waals surface area contributed by atoms with Crippen molar-refractivity contribution in [3.05, 3.63) is 29.8 Å². The highest BCUT2D eigenvalue weighted by molar-refractivity contribution is 6.08. The maximum Gasteiger partial charge on any atom is 0.315 e. The van der Waals surface area contributed by atoms with Crippen LogP contribution in [0.2, 0.25) is 0 Å². The molecular formula is C16H20N2O5. The summed E-state index contributed by atoms with van der Waals surface area (Å²) in [7, 11) is 0. The average Bonchev–Trinajstić information content (AvgIpc) is 3.05. The zero-order valence-electron chi connectivity index (χ0n) is 12.9. The number of ether oxygens (including phenoxy) is 1. The van der Waals surface area contributed by atoms with Crippen molar-refractivity contribution < 1.29 is 24.2 Å². The van der Waals surface area contributed by atoms with E-state index in [2.05, 4.69) is 10.6 Å². The highest BCUT2D eigenvalue weighted by atomic mass is 16.5. The van der Waals surface area contributed by atoms with Gasteiger partial charge in [-0.15, -0.1) is 0 Å². The number of carbonyl (C=O) groups is 3. The fraction of sp³-hybridized carbons (Fsp3) is 0.438. The number of benzene rings is 1. The Labute approximate surface area is 134 Å². The Bertz CT molecular complexity index is 596. The molecule has 0 aromatic heterocycles. The van der Waals surface area contributed by atoms with Crippen LogP contribution in [0.1, 0.15) is 30.1 Å². The van der Waals surface area contributed by atoms with E-state index in [1.807, 2.05) is 0 Å². The maximum atomic E-state index is 12.3. The van der Waals surface area contributed by atoms with Crippen LogP contribution in [0, 0.1) is 5.92 Å². The fourth-order valence-electron chi connectivity index (χ4n) is 2.25. The molecule has 1 aliphatic rings. The molecule has 3 N–H and O–H groups in total. The number of carboxylic acid groups (broad SMARTS) is 1. The number of nitrogens with one attached hydrogen (secondary N) is 2. The van der Waals surface area contributed by atoms with Gasteiger partial charge in [-0.05, 0) is 31.9 Å². The molecule has 0 aliphatic carbocycles. The Balaban J connectivity index is 2.02. The van der Waals surface area contributed by atoms with Gasteiger partial charge in [0.25, 0.3) is 5.91 Å². The first-order valence-corrected chi connectivity index (χ1v) is 7.51. The molecule has 2 unspecified atom stereocenters. The summed E-state index contributed by atoms with van der Waals surface area (Å²) in [5.74, 6) is -3.42. The summed E-state index contributed by atoms with van der Waals surface area (Å²) in [4.78, 5) is 35.0. The van der Waals surface area contributed by atoms with E-state index >= 15 is 0 Å². The third-order valence-corrected chi connectivity index (χ3v) is 3.71. The number of hydrogen-bond acceptors (Lipinski definition) is 4. The Morgan fingerprint density at radius 3 is 2.74 bits per heavy atom. The first-order chi connectivity index (χ1) is 11.0. The summed E-state index contributed by atoms with van der Waals surface area (Å²) in [5.41, 5.74) is 0.576. The molecule has 2 atom stereocenters. The molecule has 1 aliphatic heterocycles. The van der Waals surface area contributed by atoms with E-state index in [4.69, 9.17) is 9.84 Å².